The molecule has 0 spiro atoms. The average molecular weight is 383 g/mol. The Hall–Kier alpha value is -2.80. The number of hydrogen-bond acceptors (Lipinski definition) is 6. The highest BCUT2D eigenvalue weighted by atomic mass is 35.5. The number of methoxy groups -OCH3 is 2. The molecule has 0 unspecified atom stereocenters. The normalized spacial score (nSPS) is 10.2. The van der Waals surface area contributed by atoms with Gasteiger partial charge in [0.25, 0.3) is 0 Å². The van der Waals surface area contributed by atoms with Gasteiger partial charge < -0.3 is 18.9 Å². The molecule has 26 heavy (non-hydrogen) atoms. The summed E-state index contributed by atoms with van der Waals surface area (Å²) in [7, 11) is 2.89. The van der Waals surface area contributed by atoms with Crippen LogP contribution in [0.4, 0.5) is 4.39 Å². The van der Waals surface area contributed by atoms with Gasteiger partial charge in [-0.1, -0.05) is 11.6 Å². The second-order valence-corrected chi connectivity index (χ2v) is 5.42. The molecule has 0 saturated carbocycles. The molecule has 0 amide bonds. The largest absolute Gasteiger partial charge is 0.497 e. The molecule has 0 bridgehead atoms. The third kappa shape index (κ3) is 5.10. The molecule has 8 heteroatoms. The van der Waals surface area contributed by atoms with Gasteiger partial charge in [-0.2, -0.15) is 0 Å². The van der Waals surface area contributed by atoms with Crippen LogP contribution in [-0.4, -0.2) is 39.2 Å². The molecule has 0 aliphatic rings. The number of carbonyl (C=O) groups is 2. The zero-order chi connectivity index (χ0) is 19.1. The van der Waals surface area contributed by atoms with Gasteiger partial charge in [-0.3, -0.25) is 4.79 Å². The van der Waals surface area contributed by atoms with Crippen LogP contribution in [0.1, 0.15) is 10.4 Å². The van der Waals surface area contributed by atoms with Gasteiger partial charge in [0, 0.05) is 0 Å². The fraction of sp³-hybridized carbons (Fsp3) is 0.222. The van der Waals surface area contributed by atoms with Crippen LogP contribution in [0.2, 0.25) is 5.02 Å². The Bertz CT molecular complexity index is 808. The average Bonchev–Trinajstić information content (AvgIpc) is 2.64. The number of Topliss-reactive ketones (excluding diaryl/α,β-unsaturated/α-hetero) is 1. The highest BCUT2D eigenvalue weighted by Gasteiger charge is 2.16. The van der Waals surface area contributed by atoms with E-state index in [1.807, 2.05) is 0 Å². The van der Waals surface area contributed by atoms with Crippen molar-refractivity contribution in [2.75, 3.05) is 27.4 Å². The van der Waals surface area contributed by atoms with Crippen LogP contribution in [0.25, 0.3) is 0 Å². The number of ketones is 1. The third-order valence-corrected chi connectivity index (χ3v) is 3.61. The van der Waals surface area contributed by atoms with E-state index in [1.54, 1.807) is 12.1 Å². The summed E-state index contributed by atoms with van der Waals surface area (Å²) < 4.78 is 33.2. The van der Waals surface area contributed by atoms with Gasteiger partial charge in [0.1, 0.15) is 23.1 Å². The van der Waals surface area contributed by atoms with Crippen LogP contribution >= 0.6 is 11.6 Å². The Balaban J connectivity index is 1.91. The van der Waals surface area contributed by atoms with Crippen LogP contribution in [-0.2, 0) is 9.53 Å². The lowest BCUT2D eigenvalue weighted by atomic mass is 10.1. The Morgan fingerprint density at radius 2 is 1.73 bits per heavy atom. The standard InChI is InChI=1S/C18H16ClFO6/c1-23-12-4-6-16(24-2)13(8-12)15(21)9-26-18(22)10-25-17-5-3-11(20)7-14(17)19/h3-8H,9-10H2,1-2H3. The molecule has 6 nitrogen and oxygen atoms in total. The van der Waals surface area contributed by atoms with E-state index in [0.29, 0.717) is 11.5 Å². The first-order valence-electron chi connectivity index (χ1n) is 7.43. The Kier molecular flexibility index (Phi) is 6.80. The van der Waals surface area contributed by atoms with E-state index in [1.165, 1.54) is 26.4 Å². The summed E-state index contributed by atoms with van der Waals surface area (Å²) in [6.07, 6.45) is 0. The van der Waals surface area contributed by atoms with Gasteiger partial charge >= 0.3 is 5.97 Å². The number of carbonyl (C=O) groups excluding carboxylic acids is 2. The minimum Gasteiger partial charge on any atom is -0.497 e. The number of rotatable bonds is 8. The summed E-state index contributed by atoms with van der Waals surface area (Å²) in [5, 5.41) is 0.0231. The van der Waals surface area contributed by atoms with Gasteiger partial charge in [-0.05, 0) is 36.4 Å². The van der Waals surface area contributed by atoms with Crippen molar-refractivity contribution in [3.63, 3.8) is 0 Å². The third-order valence-electron chi connectivity index (χ3n) is 3.31. The minimum atomic E-state index is -0.777. The van der Waals surface area contributed by atoms with Crippen LogP contribution in [0, 0.1) is 5.82 Å². The second-order valence-electron chi connectivity index (χ2n) is 5.01. The molecule has 0 aromatic heterocycles. The minimum absolute atomic E-state index is 0.0231. The molecule has 2 rings (SSSR count). The molecule has 0 heterocycles. The predicted molar refractivity (Wildman–Crippen MR) is 91.7 cm³/mol. The summed E-state index contributed by atoms with van der Waals surface area (Å²) in [5.74, 6) is -0.834. The number of hydrogen-bond donors (Lipinski definition) is 0. The van der Waals surface area contributed by atoms with Gasteiger partial charge in [0.15, 0.2) is 13.2 Å². The van der Waals surface area contributed by atoms with Crippen molar-refractivity contribution in [1.82, 2.24) is 0 Å². The zero-order valence-electron chi connectivity index (χ0n) is 14.1. The molecule has 0 atom stereocenters. The summed E-state index contributed by atoms with van der Waals surface area (Å²) in [4.78, 5) is 24.0. The first-order chi connectivity index (χ1) is 12.4. The molecule has 0 radical (unpaired) electrons. The van der Waals surface area contributed by atoms with Gasteiger partial charge in [-0.15, -0.1) is 0 Å². The summed E-state index contributed by atoms with van der Waals surface area (Å²) in [6, 6.07) is 8.20. The molecule has 2 aromatic carbocycles. The molecule has 2 aromatic rings. The maximum atomic E-state index is 12.9. The quantitative estimate of drug-likeness (QED) is 0.515. The number of benzene rings is 2. The molecular formula is C18H16ClFO6. The monoisotopic (exact) mass is 382 g/mol. The molecule has 138 valence electrons. The maximum Gasteiger partial charge on any atom is 0.344 e. The Morgan fingerprint density at radius 1 is 1.00 bits per heavy atom. The van der Waals surface area contributed by atoms with E-state index < -0.39 is 30.8 Å². The van der Waals surface area contributed by atoms with Gasteiger partial charge in [0.05, 0.1) is 24.8 Å². The van der Waals surface area contributed by atoms with Crippen LogP contribution in [0.5, 0.6) is 17.2 Å². The van der Waals surface area contributed by atoms with Crippen LogP contribution < -0.4 is 14.2 Å². The van der Waals surface area contributed by atoms with E-state index in [0.717, 1.165) is 12.1 Å². The first kappa shape index (κ1) is 19.5. The number of ether oxygens (including phenoxy) is 4. The molecular weight excluding hydrogens is 367 g/mol. The van der Waals surface area contributed by atoms with Gasteiger partial charge in [-0.25, -0.2) is 9.18 Å². The molecule has 0 aliphatic carbocycles. The van der Waals surface area contributed by atoms with E-state index in [-0.39, 0.29) is 16.3 Å². The van der Waals surface area contributed by atoms with Crippen LogP contribution in [0.3, 0.4) is 0 Å². The van der Waals surface area contributed by atoms with E-state index >= 15 is 0 Å². The lowest BCUT2D eigenvalue weighted by molar-refractivity contribution is -0.144. The van der Waals surface area contributed by atoms with E-state index in [9.17, 15) is 14.0 Å². The van der Waals surface area contributed by atoms with Crippen molar-refractivity contribution in [3.8, 4) is 17.2 Å². The number of halogens is 2. The van der Waals surface area contributed by atoms with Gasteiger partial charge in [0.2, 0.25) is 5.78 Å². The van der Waals surface area contributed by atoms with E-state index in [4.69, 9.17) is 30.5 Å². The highest BCUT2D eigenvalue weighted by molar-refractivity contribution is 6.32. The van der Waals surface area contributed by atoms with Crippen molar-refractivity contribution in [2.45, 2.75) is 0 Å². The lowest BCUT2D eigenvalue weighted by Gasteiger charge is -2.11. The topological polar surface area (TPSA) is 71.1 Å². The van der Waals surface area contributed by atoms with Crippen molar-refractivity contribution in [3.05, 3.63) is 52.8 Å². The second kappa shape index (κ2) is 9.05. The summed E-state index contributed by atoms with van der Waals surface area (Å²) in [6.45, 7) is -0.975. The summed E-state index contributed by atoms with van der Waals surface area (Å²) >= 11 is 5.79. The highest BCUT2D eigenvalue weighted by Crippen LogP contribution is 2.25. The number of esters is 1. The Labute approximate surface area is 154 Å². The SMILES string of the molecule is COc1ccc(OC)c(C(=O)COC(=O)COc2ccc(F)cc2Cl)c1. The fourth-order valence-electron chi connectivity index (χ4n) is 2.03. The van der Waals surface area contributed by atoms with Crippen molar-refractivity contribution in [2.24, 2.45) is 0 Å². The fourth-order valence-corrected chi connectivity index (χ4v) is 2.25. The van der Waals surface area contributed by atoms with Crippen molar-refractivity contribution >= 4 is 23.4 Å². The predicted octanol–water partition coefficient (Wildman–Crippen LogP) is 3.30. The first-order valence-corrected chi connectivity index (χ1v) is 7.81. The molecule has 0 saturated heterocycles. The van der Waals surface area contributed by atoms with Crippen molar-refractivity contribution < 1.29 is 32.9 Å². The van der Waals surface area contributed by atoms with E-state index in [2.05, 4.69) is 0 Å². The molecule has 0 fully saturated rings. The Morgan fingerprint density at radius 3 is 2.38 bits per heavy atom. The molecule has 0 aliphatic heterocycles. The summed E-state index contributed by atoms with van der Waals surface area (Å²) in [5.41, 5.74) is 0.224. The zero-order valence-corrected chi connectivity index (χ0v) is 14.8. The smallest absolute Gasteiger partial charge is 0.344 e. The lowest BCUT2D eigenvalue weighted by Crippen LogP contribution is -2.20. The van der Waals surface area contributed by atoms with Crippen LogP contribution in [0.15, 0.2) is 36.4 Å². The maximum absolute atomic E-state index is 12.9. The van der Waals surface area contributed by atoms with Crippen molar-refractivity contribution in [1.29, 1.82) is 0 Å². The molecule has 0 N–H and O–H groups in total.